The van der Waals surface area contributed by atoms with E-state index in [0.717, 1.165) is 15.7 Å². The Morgan fingerprint density at radius 2 is 2.26 bits per heavy atom. The van der Waals surface area contributed by atoms with Crippen LogP contribution in [0.5, 0.6) is 0 Å². The van der Waals surface area contributed by atoms with Crippen LogP contribution < -0.4 is 5.32 Å². The van der Waals surface area contributed by atoms with E-state index in [-0.39, 0.29) is 5.76 Å². The van der Waals surface area contributed by atoms with E-state index in [1.54, 1.807) is 12.1 Å². The first-order valence-corrected chi connectivity index (χ1v) is 6.62. The summed E-state index contributed by atoms with van der Waals surface area (Å²) < 4.78 is 10.5. The third kappa shape index (κ3) is 3.30. The Hall–Kier alpha value is -1.46. The van der Waals surface area contributed by atoms with Gasteiger partial charge in [-0.05, 0) is 40.2 Å². The number of anilines is 1. The largest absolute Gasteiger partial charge is 0.463 e. The maximum Gasteiger partial charge on any atom is 0.374 e. The van der Waals surface area contributed by atoms with Gasteiger partial charge in [-0.2, -0.15) is 0 Å². The Labute approximate surface area is 123 Å². The quantitative estimate of drug-likeness (QED) is 0.849. The molecule has 0 unspecified atom stereocenters. The number of benzene rings is 1. The van der Waals surface area contributed by atoms with Gasteiger partial charge in [0.1, 0.15) is 0 Å². The smallest absolute Gasteiger partial charge is 0.374 e. The normalized spacial score (nSPS) is 10.3. The molecule has 6 heteroatoms. The number of rotatable bonds is 4. The number of nitrogens with one attached hydrogen (secondary N) is 1. The van der Waals surface area contributed by atoms with Crippen molar-refractivity contribution >= 4 is 39.2 Å². The molecule has 1 heterocycles. The van der Waals surface area contributed by atoms with Gasteiger partial charge in [-0.3, -0.25) is 0 Å². The van der Waals surface area contributed by atoms with Gasteiger partial charge in [-0.1, -0.05) is 11.6 Å². The summed E-state index contributed by atoms with van der Waals surface area (Å²) in [6.45, 7) is 0.453. The van der Waals surface area contributed by atoms with Crippen LogP contribution in [0.1, 0.15) is 16.1 Å². The minimum Gasteiger partial charge on any atom is -0.463 e. The molecule has 0 saturated heterocycles. The predicted molar refractivity (Wildman–Crippen MR) is 76.5 cm³/mol. The number of furan rings is 1. The molecule has 0 radical (unpaired) electrons. The number of esters is 1. The van der Waals surface area contributed by atoms with E-state index in [1.807, 2.05) is 12.1 Å². The second-order valence-corrected chi connectivity index (χ2v) is 5.01. The van der Waals surface area contributed by atoms with Gasteiger partial charge < -0.3 is 14.5 Å². The van der Waals surface area contributed by atoms with E-state index in [2.05, 4.69) is 26.0 Å². The van der Waals surface area contributed by atoms with Crippen LogP contribution in [0.25, 0.3) is 0 Å². The zero-order valence-corrected chi connectivity index (χ0v) is 12.4. The van der Waals surface area contributed by atoms with Crippen molar-refractivity contribution in [2.45, 2.75) is 6.54 Å². The van der Waals surface area contributed by atoms with Gasteiger partial charge in [0, 0.05) is 22.3 Å². The molecule has 1 aromatic heterocycles. The molecular formula is C13H11BrClNO3. The fraction of sp³-hybridized carbons (Fsp3) is 0.154. The Morgan fingerprint density at radius 3 is 2.95 bits per heavy atom. The van der Waals surface area contributed by atoms with E-state index in [4.69, 9.17) is 16.0 Å². The lowest BCUT2D eigenvalue weighted by Crippen LogP contribution is -2.06. The van der Waals surface area contributed by atoms with Crippen molar-refractivity contribution in [2.24, 2.45) is 0 Å². The topological polar surface area (TPSA) is 51.5 Å². The molecule has 0 fully saturated rings. The highest BCUT2D eigenvalue weighted by Gasteiger charge is 2.15. The third-order valence-electron chi connectivity index (χ3n) is 2.52. The van der Waals surface area contributed by atoms with Crippen LogP contribution in [-0.4, -0.2) is 13.1 Å². The van der Waals surface area contributed by atoms with Crippen LogP contribution in [0.15, 0.2) is 39.4 Å². The van der Waals surface area contributed by atoms with Crippen molar-refractivity contribution in [1.29, 1.82) is 0 Å². The number of halogens is 2. The summed E-state index contributed by atoms with van der Waals surface area (Å²) in [7, 11) is 1.32. The number of hydrogen-bond donors (Lipinski definition) is 1. The molecule has 19 heavy (non-hydrogen) atoms. The van der Waals surface area contributed by atoms with E-state index >= 15 is 0 Å². The molecule has 0 aliphatic heterocycles. The minimum atomic E-state index is -0.487. The summed E-state index contributed by atoms with van der Waals surface area (Å²) >= 11 is 9.26. The lowest BCUT2D eigenvalue weighted by Gasteiger charge is -2.07. The van der Waals surface area contributed by atoms with Gasteiger partial charge >= 0.3 is 5.97 Å². The monoisotopic (exact) mass is 343 g/mol. The fourth-order valence-corrected chi connectivity index (χ4v) is 2.05. The van der Waals surface area contributed by atoms with Crippen LogP contribution in [0.4, 0.5) is 5.69 Å². The van der Waals surface area contributed by atoms with Crippen molar-refractivity contribution in [3.05, 3.63) is 51.3 Å². The standard InChI is InChI=1S/C13H11BrClNO3/c1-18-13(17)12-8(4-5-19-12)7-16-9-2-3-11(15)10(14)6-9/h2-6,16H,7H2,1H3. The molecule has 2 aromatic rings. The van der Waals surface area contributed by atoms with Gasteiger partial charge in [0.2, 0.25) is 5.76 Å². The SMILES string of the molecule is COC(=O)c1occc1CNc1ccc(Cl)c(Br)c1. The lowest BCUT2D eigenvalue weighted by molar-refractivity contribution is 0.0563. The van der Waals surface area contributed by atoms with Crippen LogP contribution in [-0.2, 0) is 11.3 Å². The molecule has 0 spiro atoms. The third-order valence-corrected chi connectivity index (χ3v) is 3.73. The molecule has 0 aliphatic carbocycles. The number of carbonyl (C=O) groups is 1. The van der Waals surface area contributed by atoms with Crippen LogP contribution in [0.3, 0.4) is 0 Å². The van der Waals surface area contributed by atoms with Crippen LogP contribution in [0.2, 0.25) is 5.02 Å². The van der Waals surface area contributed by atoms with Crippen molar-refractivity contribution in [1.82, 2.24) is 0 Å². The molecule has 0 atom stereocenters. The summed E-state index contributed by atoms with van der Waals surface area (Å²) in [5, 5.41) is 3.82. The van der Waals surface area contributed by atoms with Crippen molar-refractivity contribution in [3.63, 3.8) is 0 Å². The van der Waals surface area contributed by atoms with Gasteiger partial charge in [0.15, 0.2) is 0 Å². The lowest BCUT2D eigenvalue weighted by atomic mass is 10.2. The Bertz CT molecular complexity index is 597. The number of hydrogen-bond acceptors (Lipinski definition) is 4. The average molecular weight is 345 g/mol. The van der Waals surface area contributed by atoms with E-state index in [0.29, 0.717) is 11.6 Å². The summed E-state index contributed by atoms with van der Waals surface area (Å²) in [5.41, 5.74) is 1.62. The number of ether oxygens (including phenoxy) is 1. The molecule has 1 N–H and O–H groups in total. The Kier molecular flexibility index (Phi) is 4.50. The highest BCUT2D eigenvalue weighted by Crippen LogP contribution is 2.26. The number of carbonyl (C=O) groups excluding carboxylic acids is 1. The van der Waals surface area contributed by atoms with Crippen molar-refractivity contribution in [3.8, 4) is 0 Å². The molecular weight excluding hydrogens is 334 g/mol. The first kappa shape index (κ1) is 14.0. The molecule has 0 aliphatic rings. The molecule has 0 bridgehead atoms. The Balaban J connectivity index is 2.08. The highest BCUT2D eigenvalue weighted by atomic mass is 79.9. The molecule has 0 saturated carbocycles. The maximum absolute atomic E-state index is 11.4. The zero-order valence-electron chi connectivity index (χ0n) is 10.1. The molecule has 4 nitrogen and oxygen atoms in total. The zero-order chi connectivity index (χ0) is 13.8. The predicted octanol–water partition coefficient (Wildman–Crippen LogP) is 4.09. The Morgan fingerprint density at radius 1 is 1.47 bits per heavy atom. The van der Waals surface area contributed by atoms with E-state index < -0.39 is 5.97 Å². The van der Waals surface area contributed by atoms with Gasteiger partial charge in [-0.25, -0.2) is 4.79 Å². The van der Waals surface area contributed by atoms with E-state index in [9.17, 15) is 4.79 Å². The molecule has 2 rings (SSSR count). The summed E-state index contributed by atoms with van der Waals surface area (Å²) in [6.07, 6.45) is 1.46. The number of methoxy groups -OCH3 is 1. The van der Waals surface area contributed by atoms with Crippen molar-refractivity contribution < 1.29 is 13.9 Å². The van der Waals surface area contributed by atoms with Gasteiger partial charge in [-0.15, -0.1) is 0 Å². The first-order valence-electron chi connectivity index (χ1n) is 5.45. The highest BCUT2D eigenvalue weighted by molar-refractivity contribution is 9.10. The second kappa shape index (κ2) is 6.12. The van der Waals surface area contributed by atoms with Crippen LogP contribution >= 0.6 is 27.5 Å². The van der Waals surface area contributed by atoms with E-state index in [1.165, 1.54) is 13.4 Å². The summed E-state index contributed by atoms with van der Waals surface area (Å²) in [6, 6.07) is 7.22. The maximum atomic E-state index is 11.4. The molecule has 100 valence electrons. The molecule has 1 aromatic carbocycles. The van der Waals surface area contributed by atoms with Gasteiger partial charge in [0.25, 0.3) is 0 Å². The first-order chi connectivity index (χ1) is 9.11. The fourth-order valence-electron chi connectivity index (χ4n) is 1.55. The average Bonchev–Trinajstić information content (AvgIpc) is 2.87. The van der Waals surface area contributed by atoms with Gasteiger partial charge in [0.05, 0.1) is 18.4 Å². The molecule has 0 amide bonds. The minimum absolute atomic E-state index is 0.211. The van der Waals surface area contributed by atoms with Crippen molar-refractivity contribution in [2.75, 3.05) is 12.4 Å². The summed E-state index contributed by atoms with van der Waals surface area (Å²) in [5.74, 6) is -0.276. The van der Waals surface area contributed by atoms with Crippen LogP contribution in [0, 0.1) is 0 Å². The second-order valence-electron chi connectivity index (χ2n) is 3.75. The summed E-state index contributed by atoms with van der Waals surface area (Å²) in [4.78, 5) is 11.4.